The third-order valence-corrected chi connectivity index (χ3v) is 8.67. The number of carboxylic acid groups (broad SMARTS) is 1. The molecule has 12 heteroatoms. The molecule has 53 heavy (non-hydrogen) atoms. The van der Waals surface area contributed by atoms with Gasteiger partial charge in [0.25, 0.3) is 5.69 Å². The summed E-state index contributed by atoms with van der Waals surface area (Å²) in [6.07, 6.45) is 1.39. The number of nitro benzene ring substituents is 1. The van der Waals surface area contributed by atoms with Gasteiger partial charge in [0.05, 0.1) is 34.8 Å². The van der Waals surface area contributed by atoms with Crippen LogP contribution in [-0.2, 0) is 53.2 Å². The van der Waals surface area contributed by atoms with Crippen LogP contribution in [0.3, 0.4) is 0 Å². The molecule has 0 spiro atoms. The topological polar surface area (TPSA) is 161 Å². The Bertz CT molecular complexity index is 1970. The zero-order valence-corrected chi connectivity index (χ0v) is 33.5. The molecule has 0 saturated carbocycles. The van der Waals surface area contributed by atoms with E-state index in [9.17, 15) is 29.9 Å². The van der Waals surface area contributed by atoms with Gasteiger partial charge in [-0.25, -0.2) is 0 Å². The molecule has 2 atom stereocenters. The maximum atomic E-state index is 13.8. The van der Waals surface area contributed by atoms with Crippen LogP contribution in [0.5, 0.6) is 0 Å². The summed E-state index contributed by atoms with van der Waals surface area (Å²) in [6.45, 7) is 8.12. The summed E-state index contributed by atoms with van der Waals surface area (Å²) in [5, 5.41) is 38.1. The van der Waals surface area contributed by atoms with Crippen molar-refractivity contribution in [1.29, 1.82) is 0 Å². The predicted molar refractivity (Wildman–Crippen MR) is 195 cm³/mol. The smallest absolute Gasteiger partial charge is 0.861 e. The molecule has 1 aliphatic rings. The number of carbonyl (C=O) groups is 2. The van der Waals surface area contributed by atoms with E-state index in [1.807, 2.05) is 54.3 Å². The van der Waals surface area contributed by atoms with Gasteiger partial charge in [0, 0.05) is 41.8 Å². The summed E-state index contributed by atoms with van der Waals surface area (Å²) in [6, 6.07) is 26.2. The average molecular weight is 768 g/mol. The van der Waals surface area contributed by atoms with Gasteiger partial charge in [0.1, 0.15) is 5.60 Å². The Morgan fingerprint density at radius 1 is 0.943 bits per heavy atom. The van der Waals surface area contributed by atoms with Crippen LogP contribution in [0.25, 0.3) is 0 Å². The number of carbonyl (C=O) groups excluding carboxylic acids is 2. The Balaban J connectivity index is 0.00000627. The molecule has 1 aliphatic heterocycles. The van der Waals surface area contributed by atoms with E-state index in [4.69, 9.17) is 9.73 Å². The number of nitrogens with zero attached hydrogens (tertiary/aromatic N) is 4. The van der Waals surface area contributed by atoms with E-state index < -0.39 is 34.5 Å². The third-order valence-electron chi connectivity index (χ3n) is 8.67. The monoisotopic (exact) mass is 766 g/mol. The Morgan fingerprint density at radius 3 is 2.26 bits per heavy atom. The second-order valence-electron chi connectivity index (χ2n) is 13.9. The normalized spacial score (nSPS) is 15.7. The van der Waals surface area contributed by atoms with Crippen LogP contribution in [0.15, 0.2) is 107 Å². The van der Waals surface area contributed by atoms with Crippen molar-refractivity contribution in [3.63, 3.8) is 0 Å². The van der Waals surface area contributed by atoms with E-state index >= 15 is 0 Å². The minimum atomic E-state index is -1.37. The molecule has 1 fully saturated rings. The van der Waals surface area contributed by atoms with E-state index in [0.717, 1.165) is 17.5 Å². The average Bonchev–Trinajstić information content (AvgIpc) is 3.56. The number of aliphatic carboxylic acids is 1. The van der Waals surface area contributed by atoms with E-state index in [2.05, 4.69) is 4.99 Å². The number of likely N-dealkylation sites (tertiary alicyclic amines) is 1. The quantitative estimate of drug-likeness (QED) is 0.0457. The molecule has 0 aromatic heterocycles. The van der Waals surface area contributed by atoms with E-state index in [-0.39, 0.29) is 50.5 Å². The van der Waals surface area contributed by atoms with Crippen LogP contribution >= 0.6 is 0 Å². The fraction of sp³-hybridized carbons (Fsp3) is 0.317. The molecular formula is C41H42N4O7Zn. The van der Waals surface area contributed by atoms with Crippen LogP contribution in [0.4, 0.5) is 11.4 Å². The molecule has 4 aromatic rings. The summed E-state index contributed by atoms with van der Waals surface area (Å²) in [5.41, 5.74) is 3.99. The molecule has 5 rings (SSSR count). The maximum absolute atomic E-state index is 13.8. The number of para-hydroxylation sites is 1. The fourth-order valence-electron chi connectivity index (χ4n) is 6.26. The number of nitro groups is 1. The first-order valence-corrected chi connectivity index (χ1v) is 17.2. The van der Waals surface area contributed by atoms with Gasteiger partial charge in [-0.05, 0) is 76.2 Å². The summed E-state index contributed by atoms with van der Waals surface area (Å²) in [4.78, 5) is 47.4. The SMILES string of the molecule is Cc1ccc(N=C([O-])C2CCCN2Cc2ccccc2[N+](=O)[O-])c(C(=N[C@H](Cc2ccc(CC(=O)OC(C)(C)C)cc2)C(=O)[O-])c2ccccc2)c1.[Zn+2]. The summed E-state index contributed by atoms with van der Waals surface area (Å²) in [7, 11) is 0. The number of carboxylic acids is 1. The van der Waals surface area contributed by atoms with E-state index in [1.54, 1.807) is 69.3 Å². The standard InChI is InChI=1S/C41H44N4O7.Zn/c1-27-16-21-33(43-39(47)36-15-10-22-44(36)26-31-13-8-9-14-35(31)45(50)51)32(23-27)38(30-11-6-5-7-12-30)42-34(40(48)49)24-28-17-19-29(20-18-28)25-37(46)52-41(2,3)4;/h5-9,11-14,16-21,23,34,36H,10,15,22,24-26H2,1-4H3,(H,43,47)(H,48,49);/q;+2/p-2/t34-,36?;/m1./s1. The zero-order valence-electron chi connectivity index (χ0n) is 30.5. The van der Waals surface area contributed by atoms with Gasteiger partial charge >= 0.3 is 25.4 Å². The third kappa shape index (κ3) is 11.2. The Morgan fingerprint density at radius 2 is 1.60 bits per heavy atom. The first kappa shape index (κ1) is 40.7. The van der Waals surface area contributed by atoms with Crippen molar-refractivity contribution in [3.05, 3.63) is 141 Å². The second kappa shape index (κ2) is 18.1. The van der Waals surface area contributed by atoms with Crippen molar-refractivity contribution in [3.8, 4) is 0 Å². The van der Waals surface area contributed by atoms with Gasteiger partial charge < -0.3 is 19.7 Å². The van der Waals surface area contributed by atoms with Crippen molar-refractivity contribution in [2.24, 2.45) is 9.98 Å². The molecule has 1 unspecified atom stereocenters. The van der Waals surface area contributed by atoms with E-state index in [0.29, 0.717) is 46.6 Å². The summed E-state index contributed by atoms with van der Waals surface area (Å²) in [5.74, 6) is -2.12. The van der Waals surface area contributed by atoms with Gasteiger partial charge in [-0.15, -0.1) is 0 Å². The van der Waals surface area contributed by atoms with Crippen molar-refractivity contribution < 1.29 is 48.9 Å². The molecule has 11 nitrogen and oxygen atoms in total. The number of hydrogen-bond acceptors (Lipinski definition) is 10. The van der Waals surface area contributed by atoms with Crippen LogP contribution in [0, 0.1) is 17.0 Å². The largest absolute Gasteiger partial charge is 2.00 e. The van der Waals surface area contributed by atoms with E-state index in [1.165, 1.54) is 6.07 Å². The molecule has 0 bridgehead atoms. The molecule has 1 heterocycles. The Hall–Kier alpha value is -5.06. The number of ether oxygens (including phenoxy) is 1. The van der Waals surface area contributed by atoms with Gasteiger partial charge in [-0.1, -0.05) is 84.4 Å². The van der Waals surface area contributed by atoms with Crippen molar-refractivity contribution in [1.82, 2.24) is 4.90 Å². The molecular weight excluding hydrogens is 726 g/mol. The molecule has 270 valence electrons. The van der Waals surface area contributed by atoms with Crippen LogP contribution < -0.4 is 10.2 Å². The molecule has 0 amide bonds. The molecule has 0 N–H and O–H groups in total. The fourth-order valence-corrected chi connectivity index (χ4v) is 6.26. The Labute approximate surface area is 322 Å². The number of rotatable bonds is 13. The summed E-state index contributed by atoms with van der Waals surface area (Å²) >= 11 is 0. The molecule has 0 aliphatic carbocycles. The molecule has 4 aromatic carbocycles. The number of hydrogen-bond donors (Lipinski definition) is 0. The minimum Gasteiger partial charge on any atom is -0.861 e. The predicted octanol–water partition coefficient (Wildman–Crippen LogP) is 5.04. The van der Waals surface area contributed by atoms with Crippen LogP contribution in [0.1, 0.15) is 67.0 Å². The maximum Gasteiger partial charge on any atom is 2.00 e. The first-order valence-electron chi connectivity index (χ1n) is 17.2. The molecule has 0 radical (unpaired) electrons. The van der Waals surface area contributed by atoms with Gasteiger partial charge in [0.15, 0.2) is 0 Å². The van der Waals surface area contributed by atoms with Crippen molar-refractivity contribution in [2.45, 2.75) is 77.6 Å². The van der Waals surface area contributed by atoms with Gasteiger partial charge in [0.2, 0.25) is 0 Å². The molecule has 1 saturated heterocycles. The number of benzene rings is 4. The minimum absolute atomic E-state index is 0. The number of esters is 1. The van der Waals surface area contributed by atoms with Crippen molar-refractivity contribution in [2.75, 3.05) is 6.54 Å². The first-order chi connectivity index (χ1) is 24.8. The van der Waals surface area contributed by atoms with Crippen LogP contribution in [0.2, 0.25) is 0 Å². The summed E-state index contributed by atoms with van der Waals surface area (Å²) < 4.78 is 5.41. The number of aryl methyl sites for hydroxylation is 1. The van der Waals surface area contributed by atoms with Crippen molar-refractivity contribution >= 4 is 34.9 Å². The van der Waals surface area contributed by atoms with Gasteiger partial charge in [-0.3, -0.25) is 29.8 Å². The number of aliphatic imine (C=N–C) groups is 2. The zero-order chi connectivity index (χ0) is 37.4. The second-order valence-corrected chi connectivity index (χ2v) is 13.9. The van der Waals surface area contributed by atoms with Gasteiger partial charge in [-0.2, -0.15) is 0 Å². The van der Waals surface area contributed by atoms with Crippen LogP contribution in [-0.4, -0.2) is 57.6 Å². The Kier molecular flexibility index (Phi) is 13.9.